The number of rotatable bonds is 3. The van der Waals surface area contributed by atoms with E-state index in [0.717, 1.165) is 38.4 Å². The molecule has 0 saturated carbocycles. The summed E-state index contributed by atoms with van der Waals surface area (Å²) in [6.45, 7) is 6.54. The number of thiazole rings is 1. The van der Waals surface area contributed by atoms with Crippen molar-refractivity contribution in [3.05, 3.63) is 53.9 Å². The van der Waals surface area contributed by atoms with Gasteiger partial charge in [-0.2, -0.15) is 0 Å². The van der Waals surface area contributed by atoms with Gasteiger partial charge in [0.25, 0.3) is 0 Å². The lowest BCUT2D eigenvalue weighted by Crippen LogP contribution is -1.96. The topological polar surface area (TPSA) is 47.9 Å². The summed E-state index contributed by atoms with van der Waals surface area (Å²) in [6, 6.07) is 12.4. The number of aromatic nitrogens is 3. The van der Waals surface area contributed by atoms with Crippen LogP contribution in [0.15, 0.2) is 42.6 Å². The smallest absolute Gasteiger partial charge is 0.126 e. The molecule has 0 aliphatic heterocycles. The highest BCUT2D eigenvalue weighted by molar-refractivity contribution is 7.21. The third kappa shape index (κ3) is 3.52. The molecular weight excluding hydrogens is 330 g/mol. The number of benzene rings is 2. The van der Waals surface area contributed by atoms with E-state index < -0.39 is 0 Å². The second-order valence-corrected chi connectivity index (χ2v) is 6.49. The zero-order valence-electron chi connectivity index (χ0n) is 14.9. The van der Waals surface area contributed by atoms with Crippen LogP contribution >= 0.6 is 11.3 Å². The van der Waals surface area contributed by atoms with Gasteiger partial charge in [-0.25, -0.2) is 9.97 Å². The molecule has 0 aliphatic carbocycles. The Balaban J connectivity index is 0.000000880. The van der Waals surface area contributed by atoms with Crippen LogP contribution in [-0.4, -0.2) is 22.1 Å². The minimum absolute atomic E-state index is 0.466. The molecule has 0 unspecified atom stereocenters. The molecule has 0 atom stereocenters. The summed E-state index contributed by atoms with van der Waals surface area (Å²) in [5.41, 5.74) is 5.81. The molecule has 2 heterocycles. The molecule has 0 bridgehead atoms. The highest BCUT2D eigenvalue weighted by Gasteiger charge is 2.12. The third-order valence-corrected chi connectivity index (χ3v) is 4.73. The number of methoxy groups -OCH3 is 1. The average Bonchev–Trinajstić information content (AvgIpc) is 3.07. The van der Waals surface area contributed by atoms with E-state index in [2.05, 4.69) is 35.1 Å². The second-order valence-electron chi connectivity index (χ2n) is 5.46. The first-order valence-electron chi connectivity index (χ1n) is 8.36. The normalized spacial score (nSPS) is 10.7. The van der Waals surface area contributed by atoms with Crippen molar-refractivity contribution < 1.29 is 4.74 Å². The number of para-hydroxylation sites is 1. The van der Waals surface area contributed by atoms with Gasteiger partial charge in [0.1, 0.15) is 5.01 Å². The van der Waals surface area contributed by atoms with Gasteiger partial charge in [0.15, 0.2) is 0 Å². The van der Waals surface area contributed by atoms with Crippen molar-refractivity contribution in [1.29, 1.82) is 0 Å². The van der Waals surface area contributed by atoms with Crippen molar-refractivity contribution in [3.8, 4) is 10.6 Å². The van der Waals surface area contributed by atoms with E-state index in [9.17, 15) is 0 Å². The zero-order valence-corrected chi connectivity index (χ0v) is 15.7. The Morgan fingerprint density at radius 2 is 1.84 bits per heavy atom. The number of aryl methyl sites for hydroxylation is 1. The summed E-state index contributed by atoms with van der Waals surface area (Å²) in [6.07, 6.45) is 1.78. The van der Waals surface area contributed by atoms with E-state index in [1.165, 1.54) is 4.70 Å². The van der Waals surface area contributed by atoms with Crippen molar-refractivity contribution in [1.82, 2.24) is 15.0 Å². The van der Waals surface area contributed by atoms with Gasteiger partial charge < -0.3 is 4.74 Å². The quantitative estimate of drug-likeness (QED) is 0.497. The third-order valence-electron chi connectivity index (χ3n) is 3.66. The van der Waals surface area contributed by atoms with Crippen LogP contribution in [0.4, 0.5) is 0 Å². The number of hydrogen-bond donors (Lipinski definition) is 0. The van der Waals surface area contributed by atoms with Gasteiger partial charge in [-0.05, 0) is 36.8 Å². The monoisotopic (exact) mass is 351 g/mol. The summed E-state index contributed by atoms with van der Waals surface area (Å²) < 4.78 is 6.33. The van der Waals surface area contributed by atoms with Gasteiger partial charge in [0.2, 0.25) is 0 Å². The van der Waals surface area contributed by atoms with Crippen molar-refractivity contribution in [2.75, 3.05) is 7.11 Å². The molecule has 0 spiro atoms. The van der Waals surface area contributed by atoms with E-state index in [-0.39, 0.29) is 0 Å². The van der Waals surface area contributed by atoms with E-state index in [0.29, 0.717) is 6.61 Å². The lowest BCUT2D eigenvalue weighted by Gasteiger charge is -2.06. The van der Waals surface area contributed by atoms with Gasteiger partial charge in [0.05, 0.1) is 39.7 Å². The largest absolute Gasteiger partial charge is 0.378 e. The van der Waals surface area contributed by atoms with Gasteiger partial charge >= 0.3 is 0 Å². The summed E-state index contributed by atoms with van der Waals surface area (Å²) >= 11 is 1.68. The Labute approximate surface area is 151 Å². The zero-order chi connectivity index (χ0) is 17.8. The van der Waals surface area contributed by atoms with Crippen LogP contribution in [0, 0.1) is 6.92 Å². The number of hydrogen-bond acceptors (Lipinski definition) is 5. The molecule has 2 aromatic carbocycles. The summed E-state index contributed by atoms with van der Waals surface area (Å²) in [5, 5.41) is 0.980. The first kappa shape index (κ1) is 17.5. The molecule has 0 fully saturated rings. The van der Waals surface area contributed by atoms with Crippen molar-refractivity contribution >= 4 is 32.6 Å². The van der Waals surface area contributed by atoms with Gasteiger partial charge in [-0.3, -0.25) is 4.98 Å². The number of ether oxygens (including phenoxy) is 1. The maximum atomic E-state index is 5.15. The molecule has 0 aliphatic rings. The van der Waals surface area contributed by atoms with Crippen LogP contribution in [0.25, 0.3) is 31.8 Å². The van der Waals surface area contributed by atoms with Gasteiger partial charge in [0, 0.05) is 12.7 Å². The predicted molar refractivity (Wildman–Crippen MR) is 105 cm³/mol. The Kier molecular flexibility index (Phi) is 5.36. The number of fused-ring (bicyclic) bond motifs is 2. The van der Waals surface area contributed by atoms with Crippen molar-refractivity contribution in [3.63, 3.8) is 0 Å². The highest BCUT2D eigenvalue weighted by Crippen LogP contribution is 2.34. The minimum Gasteiger partial charge on any atom is -0.378 e. The van der Waals surface area contributed by atoms with E-state index in [1.807, 2.05) is 32.0 Å². The lowest BCUT2D eigenvalue weighted by molar-refractivity contribution is 0.181. The molecule has 4 nitrogen and oxygen atoms in total. The van der Waals surface area contributed by atoms with Crippen LogP contribution in [0.3, 0.4) is 0 Å². The molecule has 0 amide bonds. The van der Waals surface area contributed by atoms with Crippen LogP contribution in [0.1, 0.15) is 25.1 Å². The fourth-order valence-corrected chi connectivity index (χ4v) is 3.65. The second kappa shape index (κ2) is 7.68. The predicted octanol–water partition coefficient (Wildman–Crippen LogP) is 5.39. The van der Waals surface area contributed by atoms with Crippen molar-refractivity contribution in [2.24, 2.45) is 0 Å². The first-order valence-corrected chi connectivity index (χ1v) is 9.17. The van der Waals surface area contributed by atoms with Crippen LogP contribution < -0.4 is 0 Å². The SMILES string of the molecule is CC.COCc1cnc2c(-c3nc4ccccc4s3)cc(C)cc2n1. The molecule has 4 rings (SSSR count). The van der Waals surface area contributed by atoms with Crippen LogP contribution in [-0.2, 0) is 11.3 Å². The first-order chi connectivity index (χ1) is 12.2. The Morgan fingerprint density at radius 1 is 1.04 bits per heavy atom. The Hall–Kier alpha value is -2.37. The Morgan fingerprint density at radius 3 is 2.60 bits per heavy atom. The van der Waals surface area contributed by atoms with Gasteiger partial charge in [-0.15, -0.1) is 11.3 Å². The van der Waals surface area contributed by atoms with Crippen molar-refractivity contribution in [2.45, 2.75) is 27.4 Å². The molecule has 25 heavy (non-hydrogen) atoms. The molecule has 0 radical (unpaired) electrons. The summed E-state index contributed by atoms with van der Waals surface area (Å²) in [7, 11) is 1.66. The van der Waals surface area contributed by atoms with E-state index >= 15 is 0 Å². The fraction of sp³-hybridized carbons (Fsp3) is 0.250. The van der Waals surface area contributed by atoms with Crippen LogP contribution in [0.2, 0.25) is 0 Å². The molecule has 0 N–H and O–H groups in total. The Bertz CT molecular complexity index is 977. The molecule has 5 heteroatoms. The molecule has 2 aromatic heterocycles. The highest BCUT2D eigenvalue weighted by atomic mass is 32.1. The molecule has 0 saturated heterocycles. The lowest BCUT2D eigenvalue weighted by atomic mass is 10.1. The maximum Gasteiger partial charge on any atom is 0.126 e. The standard InChI is InChI=1S/C18H15N3OS.C2H6/c1-11-7-13(18-21-14-5-3-4-6-16(14)23-18)17-15(8-11)20-12(9-19-17)10-22-2;1-2/h3-9H,10H2,1-2H3;1-2H3. The maximum absolute atomic E-state index is 5.15. The minimum atomic E-state index is 0.466. The summed E-state index contributed by atoms with van der Waals surface area (Å²) in [5.74, 6) is 0. The number of nitrogens with zero attached hydrogens (tertiary/aromatic N) is 3. The van der Waals surface area contributed by atoms with Gasteiger partial charge in [-0.1, -0.05) is 26.0 Å². The van der Waals surface area contributed by atoms with Crippen LogP contribution in [0.5, 0.6) is 0 Å². The van der Waals surface area contributed by atoms with E-state index in [4.69, 9.17) is 9.72 Å². The van der Waals surface area contributed by atoms with E-state index in [1.54, 1.807) is 24.6 Å². The molecule has 4 aromatic rings. The molecule has 128 valence electrons. The molecular formula is C20H21N3OS. The fourth-order valence-electron chi connectivity index (χ4n) is 2.67. The average molecular weight is 351 g/mol. The summed E-state index contributed by atoms with van der Waals surface area (Å²) in [4.78, 5) is 14.0.